The Hall–Kier alpha value is -2.69. The van der Waals surface area contributed by atoms with Gasteiger partial charge in [0.25, 0.3) is 0 Å². The lowest BCUT2D eigenvalue weighted by Crippen LogP contribution is -2.41. The van der Waals surface area contributed by atoms with Gasteiger partial charge in [-0.2, -0.15) is 0 Å². The van der Waals surface area contributed by atoms with Gasteiger partial charge in [-0.25, -0.2) is 9.69 Å². The van der Waals surface area contributed by atoms with Crippen LogP contribution in [-0.4, -0.2) is 24.9 Å². The zero-order chi connectivity index (χ0) is 21.7. The standard InChI is InChI=1S/C27H27NO4/c1-32-27(31)15-2-4-18(5-3-15)28-25(29)23-19-6-7-20(24(23)26(28)30)22(19)21-16-9-13-8-14(11-16)12-17(21)10-13/h2-7,13-14,16-17,19-20,23-24H,8-12H2,1H3/t13?,14?,16?,17?,19-,20+,23-,24-/m0/s1. The van der Waals surface area contributed by atoms with E-state index in [0.29, 0.717) is 23.1 Å². The number of benzene rings is 1. The molecule has 1 aromatic carbocycles. The second-order valence-corrected chi connectivity index (χ2v) is 10.8. The molecular weight excluding hydrogens is 402 g/mol. The Morgan fingerprint density at radius 1 is 0.812 bits per heavy atom. The molecule has 1 aromatic rings. The van der Waals surface area contributed by atoms with Crippen molar-refractivity contribution in [2.45, 2.75) is 32.1 Å². The fraction of sp³-hybridized carbons (Fsp3) is 0.519. The predicted molar refractivity (Wildman–Crippen MR) is 117 cm³/mol. The summed E-state index contributed by atoms with van der Waals surface area (Å²) in [5.74, 6) is 2.25. The summed E-state index contributed by atoms with van der Waals surface area (Å²) in [6.07, 6.45) is 11.1. The molecule has 1 saturated heterocycles. The molecule has 164 valence electrons. The fourth-order valence-electron chi connectivity index (χ4n) is 8.43. The average Bonchev–Trinajstić information content (AvgIpc) is 3.42. The van der Waals surface area contributed by atoms with E-state index in [1.165, 1.54) is 49.7 Å². The summed E-state index contributed by atoms with van der Waals surface area (Å²) in [5, 5.41) is 0. The molecule has 1 heterocycles. The summed E-state index contributed by atoms with van der Waals surface area (Å²) < 4.78 is 4.75. The molecule has 6 fully saturated rings. The predicted octanol–water partition coefficient (Wildman–Crippen LogP) is 4.15. The number of fused-ring (bicyclic) bond motifs is 5. The molecule has 0 N–H and O–H groups in total. The number of rotatable bonds is 2. The molecule has 0 unspecified atom stereocenters. The molecule has 0 spiro atoms. The van der Waals surface area contributed by atoms with Crippen LogP contribution >= 0.6 is 0 Å². The number of carbonyl (C=O) groups is 3. The maximum absolute atomic E-state index is 13.6. The van der Waals surface area contributed by atoms with Crippen LogP contribution in [0.3, 0.4) is 0 Å². The van der Waals surface area contributed by atoms with Gasteiger partial charge in [-0.15, -0.1) is 0 Å². The minimum Gasteiger partial charge on any atom is -0.465 e. The number of hydrogen-bond donors (Lipinski definition) is 0. The summed E-state index contributed by atoms with van der Waals surface area (Å²) in [6.45, 7) is 0. The highest BCUT2D eigenvalue weighted by Gasteiger charge is 2.63. The third-order valence-electron chi connectivity index (χ3n) is 9.31. The molecule has 4 atom stereocenters. The lowest BCUT2D eigenvalue weighted by molar-refractivity contribution is -0.123. The maximum atomic E-state index is 13.6. The number of carbonyl (C=O) groups excluding carboxylic acids is 3. The van der Waals surface area contributed by atoms with Crippen molar-refractivity contribution in [1.29, 1.82) is 0 Å². The van der Waals surface area contributed by atoms with E-state index in [4.69, 9.17) is 4.74 Å². The number of ether oxygens (including phenoxy) is 1. The van der Waals surface area contributed by atoms with E-state index in [1.807, 2.05) is 0 Å². The van der Waals surface area contributed by atoms with Gasteiger partial charge in [0.1, 0.15) is 0 Å². The second kappa shape index (κ2) is 6.43. The van der Waals surface area contributed by atoms with Gasteiger partial charge in [0, 0.05) is 11.8 Å². The van der Waals surface area contributed by atoms with Gasteiger partial charge in [0.15, 0.2) is 0 Å². The van der Waals surface area contributed by atoms with Crippen LogP contribution in [0.2, 0.25) is 0 Å². The van der Waals surface area contributed by atoms with Gasteiger partial charge in [0.2, 0.25) is 11.8 Å². The van der Waals surface area contributed by atoms with Gasteiger partial charge in [-0.1, -0.05) is 23.3 Å². The Morgan fingerprint density at radius 2 is 1.34 bits per heavy atom. The van der Waals surface area contributed by atoms with E-state index in [9.17, 15) is 14.4 Å². The number of hydrogen-bond acceptors (Lipinski definition) is 4. The van der Waals surface area contributed by atoms with E-state index in [2.05, 4.69) is 12.2 Å². The number of nitrogens with zero attached hydrogens (tertiary/aromatic N) is 1. The minimum absolute atomic E-state index is 0.0791. The molecule has 8 rings (SSSR count). The topological polar surface area (TPSA) is 63.7 Å². The SMILES string of the molecule is COC(=O)c1ccc(N2C(=O)[C@@H]3[C@@H](C2=O)[C@H]2C=C[C@@H]3C2=C2C3CC4CC(C3)CC2C4)cc1. The lowest BCUT2D eigenvalue weighted by atomic mass is 9.53. The van der Waals surface area contributed by atoms with Crippen LogP contribution in [0.1, 0.15) is 42.5 Å². The van der Waals surface area contributed by atoms with Crippen molar-refractivity contribution in [2.75, 3.05) is 12.0 Å². The smallest absolute Gasteiger partial charge is 0.337 e. The van der Waals surface area contributed by atoms with E-state index in [0.717, 1.165) is 11.8 Å². The number of methoxy groups -OCH3 is 1. The van der Waals surface area contributed by atoms with Crippen LogP contribution in [0.5, 0.6) is 0 Å². The first-order chi connectivity index (χ1) is 15.5. The third-order valence-corrected chi connectivity index (χ3v) is 9.31. The van der Waals surface area contributed by atoms with Crippen molar-refractivity contribution in [2.24, 2.45) is 47.3 Å². The normalized spacial score (nSPS) is 40.6. The highest BCUT2D eigenvalue weighted by atomic mass is 16.5. The summed E-state index contributed by atoms with van der Waals surface area (Å²) >= 11 is 0. The Balaban J connectivity index is 1.23. The largest absolute Gasteiger partial charge is 0.465 e. The first-order valence-electron chi connectivity index (χ1n) is 12.0. The Morgan fingerprint density at radius 3 is 1.84 bits per heavy atom. The molecule has 5 nitrogen and oxygen atoms in total. The zero-order valence-electron chi connectivity index (χ0n) is 18.2. The van der Waals surface area contributed by atoms with Crippen molar-refractivity contribution in [3.8, 4) is 0 Å². The molecule has 5 heteroatoms. The Kier molecular flexibility index (Phi) is 3.79. The molecule has 32 heavy (non-hydrogen) atoms. The summed E-state index contributed by atoms with van der Waals surface area (Å²) in [6, 6.07) is 6.58. The molecule has 7 aliphatic rings. The van der Waals surface area contributed by atoms with Gasteiger partial charge in [0.05, 0.1) is 30.2 Å². The second-order valence-electron chi connectivity index (χ2n) is 10.8. The van der Waals surface area contributed by atoms with Crippen LogP contribution < -0.4 is 4.90 Å². The first kappa shape index (κ1) is 18.8. The summed E-state index contributed by atoms with van der Waals surface area (Å²) in [4.78, 5) is 40.2. The average molecular weight is 430 g/mol. The highest BCUT2D eigenvalue weighted by Crippen LogP contribution is 2.63. The van der Waals surface area contributed by atoms with Crippen LogP contribution in [0.25, 0.3) is 0 Å². The monoisotopic (exact) mass is 429 g/mol. The van der Waals surface area contributed by atoms with Crippen molar-refractivity contribution >= 4 is 23.5 Å². The Labute approximate surface area is 187 Å². The summed E-state index contributed by atoms with van der Waals surface area (Å²) in [5.41, 5.74) is 4.06. The molecule has 5 saturated carbocycles. The van der Waals surface area contributed by atoms with Crippen LogP contribution in [0, 0.1) is 47.3 Å². The molecule has 2 amide bonds. The van der Waals surface area contributed by atoms with Gasteiger partial charge < -0.3 is 4.74 Å². The molecular formula is C27H27NO4. The van der Waals surface area contributed by atoms with Crippen LogP contribution in [-0.2, 0) is 14.3 Å². The summed E-state index contributed by atoms with van der Waals surface area (Å²) in [7, 11) is 1.34. The van der Waals surface area contributed by atoms with E-state index in [-0.39, 0.29) is 35.5 Å². The van der Waals surface area contributed by atoms with E-state index >= 15 is 0 Å². The number of imide groups is 1. The molecule has 6 aliphatic carbocycles. The molecule has 0 aromatic heterocycles. The lowest BCUT2D eigenvalue weighted by Gasteiger charge is -2.52. The van der Waals surface area contributed by atoms with Gasteiger partial charge in [-0.05, 0) is 80.0 Å². The fourth-order valence-corrected chi connectivity index (χ4v) is 8.43. The number of anilines is 1. The maximum Gasteiger partial charge on any atom is 0.337 e. The minimum atomic E-state index is -0.429. The quantitative estimate of drug-likeness (QED) is 0.403. The van der Waals surface area contributed by atoms with E-state index < -0.39 is 5.97 Å². The van der Waals surface area contributed by atoms with Crippen LogP contribution in [0.4, 0.5) is 5.69 Å². The van der Waals surface area contributed by atoms with E-state index in [1.54, 1.807) is 29.8 Å². The third kappa shape index (κ3) is 2.32. The molecule has 6 bridgehead atoms. The van der Waals surface area contributed by atoms with Crippen molar-refractivity contribution in [3.63, 3.8) is 0 Å². The molecule has 1 aliphatic heterocycles. The number of allylic oxidation sites excluding steroid dienone is 4. The van der Waals surface area contributed by atoms with Gasteiger partial charge >= 0.3 is 5.97 Å². The highest BCUT2D eigenvalue weighted by molar-refractivity contribution is 6.23. The van der Waals surface area contributed by atoms with Crippen molar-refractivity contribution in [3.05, 3.63) is 53.1 Å². The zero-order valence-corrected chi connectivity index (χ0v) is 18.2. The number of esters is 1. The van der Waals surface area contributed by atoms with Crippen molar-refractivity contribution in [1.82, 2.24) is 0 Å². The van der Waals surface area contributed by atoms with Crippen molar-refractivity contribution < 1.29 is 19.1 Å². The molecule has 0 radical (unpaired) electrons. The Bertz CT molecular complexity index is 1050. The van der Waals surface area contributed by atoms with Crippen LogP contribution in [0.15, 0.2) is 47.6 Å². The first-order valence-corrected chi connectivity index (χ1v) is 12.0. The van der Waals surface area contributed by atoms with Gasteiger partial charge in [-0.3, -0.25) is 9.59 Å². The number of amides is 2.